The van der Waals surface area contributed by atoms with Gasteiger partial charge in [0.05, 0.1) is 0 Å². The highest BCUT2D eigenvalue weighted by atomic mass is 16.1. The molecule has 0 aromatic heterocycles. The van der Waals surface area contributed by atoms with Crippen LogP contribution in [0.4, 0.5) is 0 Å². The summed E-state index contributed by atoms with van der Waals surface area (Å²) in [6.45, 7) is 4.30. The Bertz CT molecular complexity index is 565. The van der Waals surface area contributed by atoms with E-state index in [0.717, 1.165) is 25.7 Å². The molecule has 0 N–H and O–H groups in total. The van der Waals surface area contributed by atoms with Gasteiger partial charge in [-0.1, -0.05) is 13.8 Å². The van der Waals surface area contributed by atoms with E-state index in [1.165, 1.54) is 0 Å². The second kappa shape index (κ2) is 4.52. The van der Waals surface area contributed by atoms with Gasteiger partial charge >= 0.3 is 0 Å². The van der Waals surface area contributed by atoms with E-state index in [9.17, 15) is 14.4 Å². The van der Waals surface area contributed by atoms with E-state index in [4.69, 9.17) is 0 Å². The molecule has 3 heteroatoms. The van der Waals surface area contributed by atoms with E-state index in [0.29, 0.717) is 60.8 Å². The normalized spacial score (nSPS) is 51.3. The Morgan fingerprint density at radius 3 is 2.55 bits per heavy atom. The monoisotopic (exact) mass is 302 g/mol. The Kier molecular flexibility index (Phi) is 3.00. The fourth-order valence-electron chi connectivity index (χ4n) is 6.64. The van der Waals surface area contributed by atoms with Crippen molar-refractivity contribution >= 4 is 17.3 Å². The molecule has 4 saturated carbocycles. The molecule has 0 aliphatic heterocycles. The number of hydrogen-bond acceptors (Lipinski definition) is 3. The maximum absolute atomic E-state index is 13.0. The van der Waals surface area contributed by atoms with Gasteiger partial charge in [-0.2, -0.15) is 0 Å². The third kappa shape index (κ3) is 1.71. The molecule has 6 atom stereocenters. The highest BCUT2D eigenvalue weighted by Gasteiger charge is 2.63. The van der Waals surface area contributed by atoms with Crippen molar-refractivity contribution in [2.24, 2.45) is 34.5 Å². The summed E-state index contributed by atoms with van der Waals surface area (Å²) in [5, 5.41) is 0. The van der Waals surface area contributed by atoms with Crippen molar-refractivity contribution in [1.82, 2.24) is 0 Å². The fraction of sp³-hybridized carbons (Fsp3) is 0.842. The number of Topliss-reactive ketones (excluding diaryl/α,β-unsaturated/α-hetero) is 3. The molecule has 4 rings (SSSR count). The summed E-state index contributed by atoms with van der Waals surface area (Å²) < 4.78 is 0. The Morgan fingerprint density at radius 2 is 1.77 bits per heavy atom. The van der Waals surface area contributed by atoms with E-state index >= 15 is 0 Å². The predicted molar refractivity (Wildman–Crippen MR) is 82.1 cm³/mol. The van der Waals surface area contributed by atoms with Crippen LogP contribution in [0.2, 0.25) is 0 Å². The van der Waals surface area contributed by atoms with Crippen molar-refractivity contribution in [1.29, 1.82) is 0 Å². The first-order valence-corrected chi connectivity index (χ1v) is 8.94. The third-order valence-corrected chi connectivity index (χ3v) is 7.88. The topological polar surface area (TPSA) is 51.2 Å². The molecular formula is C19H26O3. The summed E-state index contributed by atoms with van der Waals surface area (Å²) in [4.78, 5) is 37.2. The molecule has 4 fully saturated rings. The molecule has 5 unspecified atom stereocenters. The highest BCUT2D eigenvalue weighted by Crippen LogP contribution is 2.64. The summed E-state index contributed by atoms with van der Waals surface area (Å²) in [5.74, 6) is 2.29. The van der Waals surface area contributed by atoms with E-state index in [1.54, 1.807) is 0 Å². The first-order valence-electron chi connectivity index (χ1n) is 8.94. The van der Waals surface area contributed by atoms with Gasteiger partial charge in [-0.25, -0.2) is 0 Å². The molecule has 4 aliphatic rings. The molecule has 4 aliphatic carbocycles. The molecule has 0 aromatic rings. The fourth-order valence-corrected chi connectivity index (χ4v) is 6.64. The molecule has 0 radical (unpaired) electrons. The van der Waals surface area contributed by atoms with Crippen molar-refractivity contribution in [2.45, 2.75) is 65.2 Å². The molecule has 3 nitrogen and oxygen atoms in total. The van der Waals surface area contributed by atoms with Gasteiger partial charge in [0.15, 0.2) is 0 Å². The largest absolute Gasteiger partial charge is 0.300 e. The van der Waals surface area contributed by atoms with Crippen molar-refractivity contribution in [3.05, 3.63) is 0 Å². The lowest BCUT2D eigenvalue weighted by Crippen LogP contribution is -2.57. The molecule has 0 amide bonds. The number of carbonyl (C=O) groups excluding carboxylic acids is 3. The third-order valence-electron chi connectivity index (χ3n) is 7.88. The smallest absolute Gasteiger partial charge is 0.139 e. The number of fused-ring (bicyclic) bond motifs is 5. The Hall–Kier alpha value is -0.990. The van der Waals surface area contributed by atoms with Crippen molar-refractivity contribution in [2.75, 3.05) is 0 Å². The van der Waals surface area contributed by atoms with Crippen LogP contribution in [0, 0.1) is 34.5 Å². The number of rotatable bonds is 0. The van der Waals surface area contributed by atoms with E-state index in [2.05, 4.69) is 6.92 Å². The standard InChI is InChI=1S/C19H26O3/c1-18-8-7-12(20)9-11(18)3-4-13-14-5-6-16(22)19(14,2)10-15(21)17(13)18/h11,13-14,17H,3-10H2,1-2H3/t11-,13?,14?,17?,18?,19?/m0/s1. The van der Waals surface area contributed by atoms with Crippen molar-refractivity contribution < 1.29 is 14.4 Å². The summed E-state index contributed by atoms with van der Waals surface area (Å²) >= 11 is 0. The molecular weight excluding hydrogens is 276 g/mol. The highest BCUT2D eigenvalue weighted by molar-refractivity contribution is 5.95. The average Bonchev–Trinajstić information content (AvgIpc) is 2.75. The van der Waals surface area contributed by atoms with Crippen LogP contribution in [0.25, 0.3) is 0 Å². The van der Waals surface area contributed by atoms with Crippen molar-refractivity contribution in [3.8, 4) is 0 Å². The maximum atomic E-state index is 13.0. The maximum Gasteiger partial charge on any atom is 0.139 e. The van der Waals surface area contributed by atoms with E-state index < -0.39 is 0 Å². The average molecular weight is 302 g/mol. The zero-order valence-corrected chi connectivity index (χ0v) is 13.7. The zero-order valence-electron chi connectivity index (χ0n) is 13.7. The summed E-state index contributed by atoms with van der Waals surface area (Å²) in [7, 11) is 0. The van der Waals surface area contributed by atoms with Crippen LogP contribution in [-0.2, 0) is 14.4 Å². The van der Waals surface area contributed by atoms with Gasteiger partial charge in [0.1, 0.15) is 17.3 Å². The second-order valence-corrected chi connectivity index (χ2v) is 8.79. The van der Waals surface area contributed by atoms with E-state index in [-0.39, 0.29) is 16.7 Å². The lowest BCUT2D eigenvalue weighted by Gasteiger charge is -2.58. The van der Waals surface area contributed by atoms with Gasteiger partial charge in [-0.15, -0.1) is 0 Å². The Balaban J connectivity index is 1.72. The van der Waals surface area contributed by atoms with Crippen LogP contribution < -0.4 is 0 Å². The number of ketones is 3. The van der Waals surface area contributed by atoms with Crippen LogP contribution >= 0.6 is 0 Å². The number of carbonyl (C=O) groups is 3. The second-order valence-electron chi connectivity index (χ2n) is 8.79. The molecule has 0 bridgehead atoms. The first kappa shape index (κ1) is 14.6. The SMILES string of the molecule is CC12CC(=O)C3C(CC[C@H]4CC(=O)CCC34C)C1CCC2=O. The lowest BCUT2D eigenvalue weighted by molar-refractivity contribution is -0.161. The van der Waals surface area contributed by atoms with Crippen LogP contribution in [0.3, 0.4) is 0 Å². The number of hydrogen-bond donors (Lipinski definition) is 0. The Morgan fingerprint density at radius 1 is 1.00 bits per heavy atom. The van der Waals surface area contributed by atoms with Crippen LogP contribution in [0.15, 0.2) is 0 Å². The minimum Gasteiger partial charge on any atom is -0.300 e. The molecule has 120 valence electrons. The van der Waals surface area contributed by atoms with E-state index in [1.807, 2.05) is 6.92 Å². The van der Waals surface area contributed by atoms with Crippen LogP contribution in [0.5, 0.6) is 0 Å². The quantitative estimate of drug-likeness (QED) is 0.689. The van der Waals surface area contributed by atoms with Crippen LogP contribution in [0.1, 0.15) is 65.2 Å². The minimum atomic E-state index is -0.383. The first-order chi connectivity index (χ1) is 10.4. The van der Waals surface area contributed by atoms with Gasteiger partial charge < -0.3 is 0 Å². The van der Waals surface area contributed by atoms with Crippen molar-refractivity contribution in [3.63, 3.8) is 0 Å². The molecule has 22 heavy (non-hydrogen) atoms. The van der Waals surface area contributed by atoms with Gasteiger partial charge in [0.25, 0.3) is 0 Å². The van der Waals surface area contributed by atoms with Gasteiger partial charge in [0, 0.05) is 37.0 Å². The lowest BCUT2D eigenvalue weighted by atomic mass is 9.45. The predicted octanol–water partition coefficient (Wildman–Crippen LogP) is 3.35. The molecule has 0 saturated heterocycles. The molecule has 0 aromatic carbocycles. The van der Waals surface area contributed by atoms with Gasteiger partial charge in [0.2, 0.25) is 0 Å². The van der Waals surface area contributed by atoms with Gasteiger partial charge in [-0.05, 0) is 48.9 Å². The Labute approximate surface area is 132 Å². The molecule has 0 spiro atoms. The summed E-state index contributed by atoms with van der Waals surface area (Å²) in [6.07, 6.45) is 6.39. The summed E-state index contributed by atoms with van der Waals surface area (Å²) in [5.41, 5.74) is -0.382. The summed E-state index contributed by atoms with van der Waals surface area (Å²) in [6, 6.07) is 0. The minimum absolute atomic E-state index is 0.000871. The molecule has 0 heterocycles. The zero-order chi connectivity index (χ0) is 15.7. The van der Waals surface area contributed by atoms with Gasteiger partial charge in [-0.3, -0.25) is 14.4 Å². The van der Waals surface area contributed by atoms with Crippen LogP contribution in [-0.4, -0.2) is 17.3 Å².